The maximum atomic E-state index is 12.8. The van der Waals surface area contributed by atoms with Crippen LogP contribution in [0.3, 0.4) is 0 Å². The summed E-state index contributed by atoms with van der Waals surface area (Å²) in [5, 5.41) is 0. The zero-order valence-electron chi connectivity index (χ0n) is 12.5. The van der Waals surface area contributed by atoms with Crippen molar-refractivity contribution in [1.29, 1.82) is 0 Å². The van der Waals surface area contributed by atoms with Crippen molar-refractivity contribution >= 4 is 15.9 Å². The maximum Gasteiger partial charge on any atom is 0.250 e. The van der Waals surface area contributed by atoms with Crippen molar-refractivity contribution < 1.29 is 13.2 Å². The van der Waals surface area contributed by atoms with Gasteiger partial charge in [-0.1, -0.05) is 12.1 Å². The second kappa shape index (κ2) is 5.40. The molecule has 7 heteroatoms. The van der Waals surface area contributed by atoms with E-state index in [0.29, 0.717) is 19.6 Å². The lowest BCUT2D eigenvalue weighted by Crippen LogP contribution is -2.58. The molecule has 1 heterocycles. The van der Waals surface area contributed by atoms with Gasteiger partial charge in [-0.2, -0.15) is 4.31 Å². The molecule has 0 radical (unpaired) electrons. The van der Waals surface area contributed by atoms with Crippen LogP contribution in [0.25, 0.3) is 0 Å². The van der Waals surface area contributed by atoms with E-state index >= 15 is 0 Å². The molecule has 21 heavy (non-hydrogen) atoms. The molecule has 0 saturated carbocycles. The molecule has 0 bridgehead atoms. The second-order valence-corrected chi connectivity index (χ2v) is 7.84. The molecule has 1 aliphatic rings. The number of nitrogens with two attached hydrogens (primary N) is 1. The predicted octanol–water partition coefficient (Wildman–Crippen LogP) is 0.500. The minimum atomic E-state index is -3.73. The van der Waals surface area contributed by atoms with Crippen LogP contribution in [0.4, 0.5) is 0 Å². The molecule has 0 atom stereocenters. The van der Waals surface area contributed by atoms with Crippen LogP contribution in [0.1, 0.15) is 24.2 Å². The van der Waals surface area contributed by atoms with Gasteiger partial charge in [-0.05, 0) is 33.0 Å². The average molecular weight is 311 g/mol. The van der Waals surface area contributed by atoms with E-state index in [4.69, 9.17) is 5.73 Å². The number of rotatable bonds is 3. The molecule has 1 saturated heterocycles. The standard InChI is InChI=1S/C14H21N3O3S/c1-14(2)10-17(9-8-16(14)3)21(19,20)12-7-5-4-6-11(12)13(15)18/h4-7H,8-10H2,1-3H3,(H2,15,18). The molecule has 116 valence electrons. The lowest BCUT2D eigenvalue weighted by atomic mass is 10.0. The highest BCUT2D eigenvalue weighted by atomic mass is 32.2. The molecule has 0 unspecified atom stereocenters. The summed E-state index contributed by atoms with van der Waals surface area (Å²) in [6, 6.07) is 6.07. The first kappa shape index (κ1) is 15.9. The summed E-state index contributed by atoms with van der Waals surface area (Å²) >= 11 is 0. The van der Waals surface area contributed by atoms with Gasteiger partial charge in [0.25, 0.3) is 0 Å². The first-order valence-corrected chi connectivity index (χ1v) is 8.20. The zero-order chi connectivity index (χ0) is 15.8. The molecule has 6 nitrogen and oxygen atoms in total. The molecule has 0 aromatic heterocycles. The normalized spacial score (nSPS) is 20.3. The van der Waals surface area contributed by atoms with Crippen molar-refractivity contribution in [2.24, 2.45) is 5.73 Å². The Bertz CT molecular complexity index is 655. The van der Waals surface area contributed by atoms with E-state index in [2.05, 4.69) is 4.90 Å². The van der Waals surface area contributed by atoms with Crippen LogP contribution in [0.2, 0.25) is 0 Å². The number of primary amides is 1. The number of hydrogen-bond acceptors (Lipinski definition) is 4. The SMILES string of the molecule is CN1CCN(S(=O)(=O)c2ccccc2C(N)=O)CC1(C)C. The van der Waals surface area contributed by atoms with E-state index in [1.807, 2.05) is 20.9 Å². The van der Waals surface area contributed by atoms with E-state index in [1.165, 1.54) is 16.4 Å². The van der Waals surface area contributed by atoms with E-state index in [-0.39, 0.29) is 16.0 Å². The van der Waals surface area contributed by atoms with Crippen LogP contribution in [0, 0.1) is 0 Å². The van der Waals surface area contributed by atoms with Crippen molar-refractivity contribution in [2.45, 2.75) is 24.3 Å². The van der Waals surface area contributed by atoms with E-state index < -0.39 is 15.9 Å². The summed E-state index contributed by atoms with van der Waals surface area (Å²) in [4.78, 5) is 13.6. The van der Waals surface area contributed by atoms with Gasteiger partial charge in [0, 0.05) is 25.2 Å². The van der Waals surface area contributed by atoms with Crippen molar-refractivity contribution in [3.8, 4) is 0 Å². The highest BCUT2D eigenvalue weighted by molar-refractivity contribution is 7.89. The second-order valence-electron chi connectivity index (χ2n) is 5.93. The fourth-order valence-electron chi connectivity index (χ4n) is 2.43. The minimum absolute atomic E-state index is 0.0159. The fraction of sp³-hybridized carbons (Fsp3) is 0.500. The smallest absolute Gasteiger partial charge is 0.250 e. The van der Waals surface area contributed by atoms with Crippen molar-refractivity contribution in [3.05, 3.63) is 29.8 Å². The Hall–Kier alpha value is -1.44. The quantitative estimate of drug-likeness (QED) is 0.881. The lowest BCUT2D eigenvalue weighted by molar-refractivity contribution is 0.0801. The Morgan fingerprint density at radius 3 is 2.43 bits per heavy atom. The Balaban J connectivity index is 2.42. The molecule has 1 aliphatic heterocycles. The highest BCUT2D eigenvalue weighted by Crippen LogP contribution is 2.26. The largest absolute Gasteiger partial charge is 0.366 e. The van der Waals surface area contributed by atoms with E-state index in [9.17, 15) is 13.2 Å². The van der Waals surface area contributed by atoms with Crippen molar-refractivity contribution in [1.82, 2.24) is 9.21 Å². The molecule has 1 amide bonds. The van der Waals surface area contributed by atoms with Gasteiger partial charge >= 0.3 is 0 Å². The number of likely N-dealkylation sites (N-methyl/N-ethyl adjacent to an activating group) is 1. The Morgan fingerprint density at radius 2 is 1.86 bits per heavy atom. The van der Waals surface area contributed by atoms with Crippen molar-refractivity contribution in [3.63, 3.8) is 0 Å². The topological polar surface area (TPSA) is 83.7 Å². The molecule has 1 fully saturated rings. The van der Waals surface area contributed by atoms with Gasteiger partial charge in [-0.3, -0.25) is 9.69 Å². The maximum absolute atomic E-state index is 12.8. The molecule has 1 aromatic rings. The van der Waals surface area contributed by atoms with Crippen LogP contribution < -0.4 is 5.73 Å². The van der Waals surface area contributed by atoms with Gasteiger partial charge in [0.1, 0.15) is 0 Å². The predicted molar refractivity (Wildman–Crippen MR) is 80.4 cm³/mol. The third-order valence-electron chi connectivity index (χ3n) is 4.05. The Morgan fingerprint density at radius 1 is 1.24 bits per heavy atom. The average Bonchev–Trinajstić information content (AvgIpc) is 2.41. The Labute approximate surface area is 125 Å². The monoisotopic (exact) mass is 311 g/mol. The molecule has 2 N–H and O–H groups in total. The van der Waals surface area contributed by atoms with Gasteiger partial charge in [-0.25, -0.2) is 8.42 Å². The number of carbonyl (C=O) groups excluding carboxylic acids is 1. The number of amides is 1. The summed E-state index contributed by atoms with van der Waals surface area (Å²) in [5.74, 6) is -0.734. The number of hydrogen-bond donors (Lipinski definition) is 1. The van der Waals surface area contributed by atoms with E-state index in [0.717, 1.165) is 0 Å². The number of benzene rings is 1. The molecule has 0 aliphatic carbocycles. The van der Waals surface area contributed by atoms with Gasteiger partial charge in [0.05, 0.1) is 10.5 Å². The first-order chi connectivity index (χ1) is 9.66. The Kier molecular flexibility index (Phi) is 4.10. The first-order valence-electron chi connectivity index (χ1n) is 6.76. The van der Waals surface area contributed by atoms with Crippen LogP contribution in [0.5, 0.6) is 0 Å². The molecular formula is C14H21N3O3S. The van der Waals surface area contributed by atoms with Crippen LogP contribution in [0.15, 0.2) is 29.2 Å². The molecule has 0 spiro atoms. The zero-order valence-corrected chi connectivity index (χ0v) is 13.4. The van der Waals surface area contributed by atoms with Crippen LogP contribution in [-0.2, 0) is 10.0 Å². The minimum Gasteiger partial charge on any atom is -0.366 e. The third kappa shape index (κ3) is 2.95. The third-order valence-corrected chi connectivity index (χ3v) is 5.96. The number of carbonyl (C=O) groups is 1. The van der Waals surface area contributed by atoms with Crippen LogP contribution >= 0.6 is 0 Å². The molecular weight excluding hydrogens is 290 g/mol. The van der Waals surface area contributed by atoms with Gasteiger partial charge in [0.2, 0.25) is 15.9 Å². The van der Waals surface area contributed by atoms with Gasteiger partial charge in [0.15, 0.2) is 0 Å². The van der Waals surface area contributed by atoms with Crippen LogP contribution in [-0.4, -0.2) is 55.8 Å². The van der Waals surface area contributed by atoms with Gasteiger partial charge in [-0.15, -0.1) is 0 Å². The molecule has 2 rings (SSSR count). The molecule has 1 aromatic carbocycles. The summed E-state index contributed by atoms with van der Waals surface area (Å²) in [6.45, 7) is 5.41. The number of piperazine rings is 1. The summed E-state index contributed by atoms with van der Waals surface area (Å²) in [5.41, 5.74) is 5.07. The van der Waals surface area contributed by atoms with Gasteiger partial charge < -0.3 is 5.73 Å². The fourth-order valence-corrected chi connectivity index (χ4v) is 4.22. The highest BCUT2D eigenvalue weighted by Gasteiger charge is 2.38. The van der Waals surface area contributed by atoms with E-state index in [1.54, 1.807) is 12.1 Å². The summed E-state index contributed by atoms with van der Waals surface area (Å²) in [7, 11) is -1.75. The number of nitrogens with zero attached hydrogens (tertiary/aromatic N) is 2. The number of sulfonamides is 1. The lowest BCUT2D eigenvalue weighted by Gasteiger charge is -2.44. The van der Waals surface area contributed by atoms with Crippen molar-refractivity contribution in [2.75, 3.05) is 26.7 Å². The summed E-state index contributed by atoms with van der Waals surface area (Å²) < 4.78 is 27.0. The summed E-state index contributed by atoms with van der Waals surface area (Å²) in [6.07, 6.45) is 0.